The molecule has 0 aromatic heterocycles. The van der Waals surface area contributed by atoms with Gasteiger partial charge in [-0.1, -0.05) is 17.7 Å². The molecule has 100 valence electrons. The van der Waals surface area contributed by atoms with Crippen LogP contribution in [0, 0.1) is 0 Å². The van der Waals surface area contributed by atoms with Crippen molar-refractivity contribution < 1.29 is 8.78 Å². The summed E-state index contributed by atoms with van der Waals surface area (Å²) in [5.74, 6) is 0. The molecule has 2 nitrogen and oxygen atoms in total. The smallest absolute Gasteiger partial charge is 0.258 e. The van der Waals surface area contributed by atoms with Gasteiger partial charge >= 0.3 is 0 Å². The minimum Gasteiger partial charge on any atom is -0.314 e. The Balaban J connectivity index is 2.25. The number of nitrogens with zero attached hydrogens (tertiary/aromatic N) is 1. The third-order valence-corrected chi connectivity index (χ3v) is 4.28. The predicted octanol–water partition coefficient (Wildman–Crippen LogP) is 3.31. The highest BCUT2D eigenvalue weighted by Gasteiger charge is 2.30. The van der Waals surface area contributed by atoms with Gasteiger partial charge in [-0.15, -0.1) is 0 Å². The fourth-order valence-electron chi connectivity index (χ4n) is 2.17. The summed E-state index contributed by atoms with van der Waals surface area (Å²) in [6.07, 6.45) is -2.41. The van der Waals surface area contributed by atoms with E-state index in [0.29, 0.717) is 28.1 Å². The predicted molar refractivity (Wildman–Crippen MR) is 72.3 cm³/mol. The van der Waals surface area contributed by atoms with Crippen LogP contribution in [0.5, 0.6) is 0 Å². The molecule has 0 radical (unpaired) electrons. The molecular formula is C12H14BrClF2N2. The highest BCUT2D eigenvalue weighted by Crippen LogP contribution is 2.32. The van der Waals surface area contributed by atoms with Crippen LogP contribution in [-0.2, 0) is 0 Å². The molecule has 1 aliphatic heterocycles. The Morgan fingerprint density at radius 2 is 1.94 bits per heavy atom. The second-order valence-corrected chi connectivity index (χ2v) is 5.50. The maximum Gasteiger partial charge on any atom is 0.258 e. The fraction of sp³-hybridized carbons (Fsp3) is 0.500. The van der Waals surface area contributed by atoms with Crippen LogP contribution < -0.4 is 5.32 Å². The minimum absolute atomic E-state index is 0.534. The van der Waals surface area contributed by atoms with Crippen LogP contribution in [0.25, 0.3) is 0 Å². The van der Waals surface area contributed by atoms with E-state index in [2.05, 4.69) is 21.2 Å². The van der Waals surface area contributed by atoms with E-state index in [1.54, 1.807) is 18.2 Å². The second kappa shape index (κ2) is 6.28. The summed E-state index contributed by atoms with van der Waals surface area (Å²) in [5, 5.41) is 3.70. The van der Waals surface area contributed by atoms with E-state index in [-0.39, 0.29) is 0 Å². The van der Waals surface area contributed by atoms with Gasteiger partial charge in [-0.2, -0.15) is 0 Å². The lowest BCUT2D eigenvalue weighted by atomic mass is 10.1. The molecule has 1 aliphatic rings. The molecule has 6 heteroatoms. The number of benzene rings is 1. The molecule has 1 saturated heterocycles. The molecule has 1 fully saturated rings. The van der Waals surface area contributed by atoms with Gasteiger partial charge in [0.15, 0.2) is 0 Å². The topological polar surface area (TPSA) is 15.3 Å². The van der Waals surface area contributed by atoms with E-state index in [9.17, 15) is 8.78 Å². The third kappa shape index (κ3) is 3.20. The molecule has 0 bridgehead atoms. The summed E-state index contributed by atoms with van der Waals surface area (Å²) in [6, 6.07) is 4.15. The fourth-order valence-corrected chi connectivity index (χ4v) is 2.69. The molecular weight excluding hydrogens is 325 g/mol. The highest BCUT2D eigenvalue weighted by molar-refractivity contribution is 9.10. The lowest BCUT2D eigenvalue weighted by Crippen LogP contribution is -2.46. The van der Waals surface area contributed by atoms with Gasteiger partial charge < -0.3 is 5.32 Å². The lowest BCUT2D eigenvalue weighted by Gasteiger charge is -2.34. The van der Waals surface area contributed by atoms with Crippen LogP contribution in [0.2, 0.25) is 5.02 Å². The van der Waals surface area contributed by atoms with Gasteiger partial charge in [-0.3, -0.25) is 4.90 Å². The number of piperazine rings is 1. The van der Waals surface area contributed by atoms with Gasteiger partial charge in [0.05, 0.1) is 11.1 Å². The Bertz CT molecular complexity index is 411. The molecule has 1 aromatic carbocycles. The highest BCUT2D eigenvalue weighted by atomic mass is 79.9. The van der Waals surface area contributed by atoms with E-state index in [4.69, 9.17) is 11.6 Å². The van der Waals surface area contributed by atoms with Crippen molar-refractivity contribution in [3.8, 4) is 0 Å². The van der Waals surface area contributed by atoms with Crippen LogP contribution in [0.4, 0.5) is 8.78 Å². The first-order valence-electron chi connectivity index (χ1n) is 5.77. The minimum atomic E-state index is -2.41. The number of nitrogens with one attached hydrogen (secondary N) is 1. The quantitative estimate of drug-likeness (QED) is 0.909. The largest absolute Gasteiger partial charge is 0.314 e. The Kier molecular flexibility index (Phi) is 4.95. The van der Waals surface area contributed by atoms with Gasteiger partial charge in [-0.05, 0) is 33.6 Å². The normalized spacial score (nSPS) is 19.2. The van der Waals surface area contributed by atoms with Crippen molar-refractivity contribution in [1.82, 2.24) is 10.2 Å². The zero-order valence-electron chi connectivity index (χ0n) is 9.67. The van der Waals surface area contributed by atoms with Crippen LogP contribution in [0.3, 0.4) is 0 Å². The molecule has 1 atom stereocenters. The molecule has 18 heavy (non-hydrogen) atoms. The van der Waals surface area contributed by atoms with Gasteiger partial charge in [0, 0.05) is 30.7 Å². The second-order valence-electron chi connectivity index (χ2n) is 4.24. The van der Waals surface area contributed by atoms with Crippen molar-refractivity contribution in [3.63, 3.8) is 0 Å². The Morgan fingerprint density at radius 1 is 1.28 bits per heavy atom. The number of hydrogen-bond donors (Lipinski definition) is 1. The van der Waals surface area contributed by atoms with E-state index < -0.39 is 12.5 Å². The number of alkyl halides is 2. The van der Waals surface area contributed by atoms with Crippen molar-refractivity contribution in [2.75, 3.05) is 26.2 Å². The van der Waals surface area contributed by atoms with E-state index >= 15 is 0 Å². The summed E-state index contributed by atoms with van der Waals surface area (Å²) < 4.78 is 27.2. The molecule has 0 unspecified atom stereocenters. The monoisotopic (exact) mass is 338 g/mol. The van der Waals surface area contributed by atoms with Crippen molar-refractivity contribution in [2.24, 2.45) is 0 Å². The number of rotatable bonds is 3. The molecule has 0 spiro atoms. The maximum atomic E-state index is 13.3. The number of hydrogen-bond acceptors (Lipinski definition) is 2. The van der Waals surface area contributed by atoms with Gasteiger partial charge in [0.25, 0.3) is 6.43 Å². The zero-order chi connectivity index (χ0) is 13.1. The Morgan fingerprint density at radius 3 is 2.50 bits per heavy atom. The summed E-state index contributed by atoms with van der Waals surface area (Å²) in [6.45, 7) is 2.76. The van der Waals surface area contributed by atoms with Crippen molar-refractivity contribution in [3.05, 3.63) is 33.3 Å². The molecule has 1 heterocycles. The first-order chi connectivity index (χ1) is 8.59. The lowest BCUT2D eigenvalue weighted by molar-refractivity contribution is 0.0181. The van der Waals surface area contributed by atoms with Gasteiger partial charge in [-0.25, -0.2) is 8.78 Å². The SMILES string of the molecule is FC(F)[C@H](c1ccc(Cl)c(Br)c1)N1CCNCC1. The van der Waals surface area contributed by atoms with Crippen molar-refractivity contribution in [1.29, 1.82) is 0 Å². The molecule has 1 aromatic rings. The zero-order valence-corrected chi connectivity index (χ0v) is 12.0. The Labute approximate surface area is 118 Å². The summed E-state index contributed by atoms with van der Waals surface area (Å²) in [7, 11) is 0. The number of halogens is 4. The van der Waals surface area contributed by atoms with Crippen LogP contribution in [0.1, 0.15) is 11.6 Å². The van der Waals surface area contributed by atoms with E-state index in [1.165, 1.54) is 0 Å². The summed E-state index contributed by atoms with van der Waals surface area (Å²) in [4.78, 5) is 1.82. The van der Waals surface area contributed by atoms with Crippen LogP contribution in [0.15, 0.2) is 22.7 Å². The Hall–Kier alpha value is -0.230. The molecule has 0 saturated carbocycles. The standard InChI is InChI=1S/C12H14BrClF2N2/c13-9-7-8(1-2-10(9)14)11(12(15)16)18-5-3-17-4-6-18/h1-2,7,11-12,17H,3-6H2/t11-/m0/s1. The van der Waals surface area contributed by atoms with Crippen molar-refractivity contribution >= 4 is 27.5 Å². The van der Waals surface area contributed by atoms with E-state index in [1.807, 2.05) is 4.90 Å². The van der Waals surface area contributed by atoms with Crippen LogP contribution in [-0.4, -0.2) is 37.5 Å². The maximum absolute atomic E-state index is 13.3. The molecule has 0 amide bonds. The molecule has 0 aliphatic carbocycles. The van der Waals surface area contributed by atoms with Crippen LogP contribution >= 0.6 is 27.5 Å². The van der Waals surface area contributed by atoms with E-state index in [0.717, 1.165) is 13.1 Å². The summed E-state index contributed by atoms with van der Waals surface area (Å²) >= 11 is 9.17. The average molecular weight is 340 g/mol. The first kappa shape index (κ1) is 14.2. The first-order valence-corrected chi connectivity index (χ1v) is 6.94. The summed E-state index contributed by atoms with van der Waals surface area (Å²) in [5.41, 5.74) is 0.600. The van der Waals surface area contributed by atoms with Gasteiger partial charge in [0.2, 0.25) is 0 Å². The molecule has 2 rings (SSSR count). The average Bonchev–Trinajstić information content (AvgIpc) is 2.35. The van der Waals surface area contributed by atoms with Gasteiger partial charge in [0.1, 0.15) is 0 Å². The third-order valence-electron chi connectivity index (χ3n) is 3.07. The van der Waals surface area contributed by atoms with Crippen molar-refractivity contribution in [2.45, 2.75) is 12.5 Å². The molecule has 1 N–H and O–H groups in total.